The van der Waals surface area contributed by atoms with E-state index in [9.17, 15) is 20.2 Å². The van der Waals surface area contributed by atoms with E-state index >= 15 is 0 Å². The Morgan fingerprint density at radius 1 is 1.39 bits per heavy atom. The molecule has 0 saturated carbocycles. The number of pyridine rings is 1. The summed E-state index contributed by atoms with van der Waals surface area (Å²) in [6.45, 7) is 1.84. The molecule has 0 unspecified atom stereocenters. The van der Waals surface area contributed by atoms with Gasteiger partial charge in [0.2, 0.25) is 0 Å². The molecule has 1 N–H and O–H groups in total. The molecule has 0 spiro atoms. The van der Waals surface area contributed by atoms with Gasteiger partial charge in [-0.3, -0.25) is 15.1 Å². The molecule has 0 fully saturated rings. The molecule has 0 saturated heterocycles. The van der Waals surface area contributed by atoms with E-state index in [4.69, 9.17) is 16.3 Å². The molecule has 2 aromatic carbocycles. The van der Waals surface area contributed by atoms with Crippen molar-refractivity contribution in [3.63, 3.8) is 0 Å². The van der Waals surface area contributed by atoms with Gasteiger partial charge in [-0.15, -0.1) is 0 Å². The Morgan fingerprint density at radius 2 is 2.18 bits per heavy atom. The monoisotopic (exact) mass is 396 g/mol. The first-order valence-electron chi connectivity index (χ1n) is 8.16. The zero-order valence-electron chi connectivity index (χ0n) is 14.6. The van der Waals surface area contributed by atoms with E-state index in [-0.39, 0.29) is 22.9 Å². The van der Waals surface area contributed by atoms with Gasteiger partial charge in [-0.05, 0) is 25.1 Å². The fraction of sp³-hybridized carbons (Fsp3) is 0.105. The number of anilines is 2. The van der Waals surface area contributed by atoms with Gasteiger partial charge in [0.1, 0.15) is 16.7 Å². The van der Waals surface area contributed by atoms with Crippen molar-refractivity contribution in [2.24, 2.45) is 0 Å². The van der Waals surface area contributed by atoms with Crippen LogP contribution in [0.3, 0.4) is 0 Å². The van der Waals surface area contributed by atoms with Gasteiger partial charge in [-0.1, -0.05) is 23.7 Å². The van der Waals surface area contributed by atoms with Crippen molar-refractivity contribution in [2.45, 2.75) is 6.92 Å². The number of rotatable bonds is 5. The number of para-hydroxylation sites is 1. The van der Waals surface area contributed by atoms with Crippen LogP contribution in [0, 0.1) is 21.4 Å². The molecule has 9 heteroatoms. The van der Waals surface area contributed by atoms with Crippen LogP contribution in [0.2, 0.25) is 5.02 Å². The number of hydrogen-bond donors (Lipinski definition) is 1. The fourth-order valence-corrected chi connectivity index (χ4v) is 2.87. The highest BCUT2D eigenvalue weighted by Gasteiger charge is 2.20. The van der Waals surface area contributed by atoms with Gasteiger partial charge < -0.3 is 10.1 Å². The summed E-state index contributed by atoms with van der Waals surface area (Å²) in [7, 11) is 0. The summed E-state index contributed by atoms with van der Waals surface area (Å²) in [5, 5.41) is 24.0. The topological polar surface area (TPSA) is 118 Å². The van der Waals surface area contributed by atoms with Crippen molar-refractivity contribution in [2.75, 3.05) is 11.9 Å². The van der Waals surface area contributed by atoms with Crippen LogP contribution in [0.5, 0.6) is 0 Å². The molecule has 0 radical (unpaired) electrons. The Bertz CT molecular complexity index is 1140. The van der Waals surface area contributed by atoms with Crippen LogP contribution in [-0.4, -0.2) is 22.5 Å². The minimum Gasteiger partial charge on any atom is -0.462 e. The summed E-state index contributed by atoms with van der Waals surface area (Å²) >= 11 is 5.86. The van der Waals surface area contributed by atoms with Crippen molar-refractivity contribution in [1.82, 2.24) is 4.98 Å². The average Bonchev–Trinajstić information content (AvgIpc) is 2.69. The summed E-state index contributed by atoms with van der Waals surface area (Å²) in [6.07, 6.45) is 1.31. The molecule has 140 valence electrons. The lowest BCUT2D eigenvalue weighted by molar-refractivity contribution is -0.384. The van der Waals surface area contributed by atoms with Crippen molar-refractivity contribution in [3.05, 3.63) is 68.9 Å². The standard InChI is InChI=1S/C19H13ClN4O4/c1-2-28-19(25)14-10-22-17-11(9-21)4-3-5-13(17)18(14)23-12-6-7-15(20)16(8-12)24(26)27/h3-8,10H,2H2,1H3,(H,22,23). The Hall–Kier alpha value is -3.70. The molecule has 0 bridgehead atoms. The van der Waals surface area contributed by atoms with Crippen molar-refractivity contribution in [3.8, 4) is 6.07 Å². The van der Waals surface area contributed by atoms with Crippen LogP contribution in [0.15, 0.2) is 42.6 Å². The van der Waals surface area contributed by atoms with E-state index in [1.54, 1.807) is 31.2 Å². The number of hydrogen-bond acceptors (Lipinski definition) is 7. The Labute approximate surface area is 164 Å². The summed E-state index contributed by atoms with van der Waals surface area (Å²) in [5.74, 6) is -0.606. The van der Waals surface area contributed by atoms with Gasteiger partial charge in [-0.25, -0.2) is 4.79 Å². The Morgan fingerprint density at radius 3 is 2.86 bits per heavy atom. The zero-order chi connectivity index (χ0) is 20.3. The first kappa shape index (κ1) is 19.1. The van der Waals surface area contributed by atoms with E-state index in [2.05, 4.69) is 16.4 Å². The number of esters is 1. The smallest absolute Gasteiger partial charge is 0.341 e. The maximum absolute atomic E-state index is 12.4. The van der Waals surface area contributed by atoms with Gasteiger partial charge in [0.15, 0.2) is 0 Å². The lowest BCUT2D eigenvalue weighted by atomic mass is 10.1. The molecule has 28 heavy (non-hydrogen) atoms. The van der Waals surface area contributed by atoms with Crippen LogP contribution < -0.4 is 5.32 Å². The molecule has 8 nitrogen and oxygen atoms in total. The van der Waals surface area contributed by atoms with Crippen LogP contribution in [0.25, 0.3) is 10.9 Å². The third kappa shape index (κ3) is 3.56. The molecular weight excluding hydrogens is 384 g/mol. The lowest BCUT2D eigenvalue weighted by Crippen LogP contribution is -2.09. The zero-order valence-corrected chi connectivity index (χ0v) is 15.4. The van der Waals surface area contributed by atoms with Crippen LogP contribution in [0.4, 0.5) is 17.1 Å². The maximum Gasteiger partial charge on any atom is 0.341 e. The van der Waals surface area contributed by atoms with Gasteiger partial charge in [0.05, 0.1) is 28.3 Å². The number of nitro benzene ring substituents is 1. The van der Waals surface area contributed by atoms with Gasteiger partial charge in [-0.2, -0.15) is 5.26 Å². The normalized spacial score (nSPS) is 10.3. The van der Waals surface area contributed by atoms with E-state index in [1.807, 2.05) is 0 Å². The number of halogens is 1. The molecule has 0 aliphatic carbocycles. The minimum absolute atomic E-state index is 0.00693. The summed E-state index contributed by atoms with van der Waals surface area (Å²) < 4.78 is 5.08. The lowest BCUT2D eigenvalue weighted by Gasteiger charge is -2.14. The second-order valence-electron chi connectivity index (χ2n) is 5.63. The second-order valence-corrected chi connectivity index (χ2v) is 6.04. The quantitative estimate of drug-likeness (QED) is 0.380. The third-order valence-electron chi connectivity index (χ3n) is 3.93. The highest BCUT2D eigenvalue weighted by Crippen LogP contribution is 2.34. The van der Waals surface area contributed by atoms with Crippen molar-refractivity contribution >= 4 is 45.5 Å². The van der Waals surface area contributed by atoms with Gasteiger partial charge in [0.25, 0.3) is 5.69 Å². The fourth-order valence-electron chi connectivity index (χ4n) is 2.69. The number of benzene rings is 2. The number of nitriles is 1. The average molecular weight is 397 g/mol. The van der Waals surface area contributed by atoms with Gasteiger partial charge in [0, 0.05) is 23.3 Å². The molecule has 0 amide bonds. The molecule has 0 aliphatic heterocycles. The Balaban J connectivity index is 2.21. The van der Waals surface area contributed by atoms with E-state index in [0.29, 0.717) is 27.8 Å². The van der Waals surface area contributed by atoms with Gasteiger partial charge >= 0.3 is 5.97 Å². The van der Waals surface area contributed by atoms with Crippen LogP contribution in [-0.2, 0) is 4.74 Å². The van der Waals surface area contributed by atoms with Crippen molar-refractivity contribution < 1.29 is 14.5 Å². The first-order valence-corrected chi connectivity index (χ1v) is 8.54. The summed E-state index contributed by atoms with van der Waals surface area (Å²) in [6, 6.07) is 11.2. The number of aromatic nitrogens is 1. The third-order valence-corrected chi connectivity index (χ3v) is 4.25. The molecule has 0 atom stereocenters. The number of nitrogens with one attached hydrogen (secondary N) is 1. The largest absolute Gasteiger partial charge is 0.462 e. The number of ether oxygens (including phenoxy) is 1. The summed E-state index contributed by atoms with van der Waals surface area (Å²) in [4.78, 5) is 27.2. The summed E-state index contributed by atoms with van der Waals surface area (Å²) in [5.41, 5.74) is 1.26. The molecule has 0 aliphatic rings. The highest BCUT2D eigenvalue weighted by atomic mass is 35.5. The minimum atomic E-state index is -0.606. The maximum atomic E-state index is 12.4. The Kier molecular flexibility index (Phi) is 5.38. The van der Waals surface area contributed by atoms with Crippen LogP contribution >= 0.6 is 11.6 Å². The van der Waals surface area contributed by atoms with Crippen LogP contribution in [0.1, 0.15) is 22.8 Å². The number of carbonyl (C=O) groups is 1. The SMILES string of the molecule is CCOC(=O)c1cnc2c(C#N)cccc2c1Nc1ccc(Cl)c([N+](=O)[O-])c1. The molecule has 3 rings (SSSR count). The van der Waals surface area contributed by atoms with E-state index in [0.717, 1.165) is 0 Å². The van der Waals surface area contributed by atoms with Crippen molar-refractivity contribution in [1.29, 1.82) is 5.26 Å². The predicted octanol–water partition coefficient (Wildman–Crippen LogP) is 4.59. The predicted molar refractivity (Wildman–Crippen MR) is 104 cm³/mol. The highest BCUT2D eigenvalue weighted by molar-refractivity contribution is 6.32. The number of fused-ring (bicyclic) bond motifs is 1. The molecule has 3 aromatic rings. The second kappa shape index (κ2) is 7.90. The first-order chi connectivity index (χ1) is 13.5. The molecular formula is C19H13ClN4O4. The number of nitrogens with zero attached hydrogens (tertiary/aromatic N) is 3. The molecule has 1 aromatic heterocycles. The van der Waals surface area contributed by atoms with E-state index < -0.39 is 10.9 Å². The molecule has 1 heterocycles. The van der Waals surface area contributed by atoms with E-state index in [1.165, 1.54) is 18.3 Å². The number of nitro groups is 1. The number of carbonyl (C=O) groups excluding carboxylic acids is 1.